The van der Waals surface area contributed by atoms with Crippen molar-refractivity contribution in [2.45, 2.75) is 32.3 Å². The van der Waals surface area contributed by atoms with Crippen molar-refractivity contribution in [2.75, 3.05) is 39.3 Å². The minimum absolute atomic E-state index is 0. The lowest BCUT2D eigenvalue weighted by Gasteiger charge is -2.35. The van der Waals surface area contributed by atoms with Gasteiger partial charge in [0.1, 0.15) is 6.10 Å². The summed E-state index contributed by atoms with van der Waals surface area (Å²) in [5.74, 6) is 0.311. The normalized spacial score (nSPS) is 14.6. The predicted octanol–water partition coefficient (Wildman–Crippen LogP) is 4.55. The van der Waals surface area contributed by atoms with Crippen LogP contribution < -0.4 is 0 Å². The van der Waals surface area contributed by atoms with Crippen LogP contribution >= 0.6 is 12.4 Å². The molecule has 0 radical (unpaired) electrons. The highest BCUT2D eigenvalue weighted by atomic mass is 35.5. The lowest BCUT2D eigenvalue weighted by molar-refractivity contribution is -0.133. The molecule has 0 bridgehead atoms. The first kappa shape index (κ1) is 23.4. The molecule has 4 nitrogen and oxygen atoms in total. The molecule has 1 aliphatic rings. The van der Waals surface area contributed by atoms with E-state index in [4.69, 9.17) is 4.74 Å². The average molecular weight is 417 g/mol. The molecule has 1 saturated heterocycles. The van der Waals surface area contributed by atoms with Gasteiger partial charge >= 0.3 is 0 Å². The molecule has 1 amide bonds. The monoisotopic (exact) mass is 416 g/mol. The fourth-order valence-corrected chi connectivity index (χ4v) is 3.65. The van der Waals surface area contributed by atoms with Gasteiger partial charge in [-0.3, -0.25) is 9.69 Å². The SMILES string of the molecule is CCCCC(=O)N1CCN(CCOC(c2ccccc2)c2ccccc2)CC1.Cl. The molecule has 29 heavy (non-hydrogen) atoms. The summed E-state index contributed by atoms with van der Waals surface area (Å²) in [6.07, 6.45) is 2.72. The van der Waals surface area contributed by atoms with E-state index < -0.39 is 0 Å². The third-order valence-corrected chi connectivity index (χ3v) is 5.37. The fraction of sp³-hybridized carbons (Fsp3) is 0.458. The van der Waals surface area contributed by atoms with E-state index in [2.05, 4.69) is 60.4 Å². The summed E-state index contributed by atoms with van der Waals surface area (Å²) in [7, 11) is 0. The Kier molecular flexibility index (Phi) is 10.2. The predicted molar refractivity (Wildman–Crippen MR) is 120 cm³/mol. The van der Waals surface area contributed by atoms with Crippen molar-refractivity contribution in [2.24, 2.45) is 0 Å². The third-order valence-electron chi connectivity index (χ3n) is 5.37. The molecule has 1 aliphatic heterocycles. The van der Waals surface area contributed by atoms with Crippen LogP contribution in [0.25, 0.3) is 0 Å². The summed E-state index contributed by atoms with van der Waals surface area (Å²) in [6.45, 7) is 7.24. The van der Waals surface area contributed by atoms with E-state index in [1.54, 1.807) is 0 Å². The van der Waals surface area contributed by atoms with Crippen LogP contribution in [-0.2, 0) is 9.53 Å². The van der Waals surface area contributed by atoms with Gasteiger partial charge in [-0.2, -0.15) is 0 Å². The van der Waals surface area contributed by atoms with Crippen LogP contribution in [0.2, 0.25) is 0 Å². The summed E-state index contributed by atoms with van der Waals surface area (Å²) in [4.78, 5) is 16.6. The van der Waals surface area contributed by atoms with Crippen LogP contribution in [0.4, 0.5) is 0 Å². The fourth-order valence-electron chi connectivity index (χ4n) is 3.65. The van der Waals surface area contributed by atoms with Gasteiger partial charge in [0.25, 0.3) is 0 Å². The maximum absolute atomic E-state index is 12.2. The second kappa shape index (κ2) is 12.6. The second-order valence-electron chi connectivity index (χ2n) is 7.40. The number of nitrogens with zero attached hydrogens (tertiary/aromatic N) is 2. The number of unbranched alkanes of at least 4 members (excludes halogenated alkanes) is 1. The van der Waals surface area contributed by atoms with Crippen molar-refractivity contribution in [3.63, 3.8) is 0 Å². The number of hydrogen-bond donors (Lipinski definition) is 0. The topological polar surface area (TPSA) is 32.8 Å². The van der Waals surface area contributed by atoms with Gasteiger partial charge in [-0.25, -0.2) is 0 Å². The number of amides is 1. The van der Waals surface area contributed by atoms with E-state index in [9.17, 15) is 4.79 Å². The molecule has 1 fully saturated rings. The quantitative estimate of drug-likeness (QED) is 0.601. The van der Waals surface area contributed by atoms with Gasteiger partial charge < -0.3 is 9.64 Å². The number of benzene rings is 2. The second-order valence-corrected chi connectivity index (χ2v) is 7.40. The Morgan fingerprint density at radius 3 is 2.00 bits per heavy atom. The molecule has 0 N–H and O–H groups in total. The minimum Gasteiger partial charge on any atom is -0.367 e. The largest absolute Gasteiger partial charge is 0.367 e. The summed E-state index contributed by atoms with van der Waals surface area (Å²) < 4.78 is 6.32. The molecule has 5 heteroatoms. The molecular weight excluding hydrogens is 384 g/mol. The number of halogens is 1. The Morgan fingerprint density at radius 1 is 0.931 bits per heavy atom. The van der Waals surface area contributed by atoms with E-state index in [1.165, 1.54) is 11.1 Å². The van der Waals surface area contributed by atoms with E-state index >= 15 is 0 Å². The summed E-state index contributed by atoms with van der Waals surface area (Å²) >= 11 is 0. The van der Waals surface area contributed by atoms with Crippen molar-refractivity contribution in [1.82, 2.24) is 9.80 Å². The Morgan fingerprint density at radius 2 is 1.48 bits per heavy atom. The molecule has 0 atom stereocenters. The molecule has 2 aromatic carbocycles. The van der Waals surface area contributed by atoms with E-state index in [0.29, 0.717) is 18.9 Å². The maximum Gasteiger partial charge on any atom is 0.222 e. The number of ether oxygens (including phenoxy) is 1. The lowest BCUT2D eigenvalue weighted by atomic mass is 10.0. The van der Waals surface area contributed by atoms with Crippen molar-refractivity contribution in [3.05, 3.63) is 71.8 Å². The zero-order valence-corrected chi connectivity index (χ0v) is 18.2. The van der Waals surface area contributed by atoms with Crippen molar-refractivity contribution < 1.29 is 9.53 Å². The van der Waals surface area contributed by atoms with Crippen LogP contribution in [-0.4, -0.2) is 55.0 Å². The smallest absolute Gasteiger partial charge is 0.222 e. The molecule has 3 rings (SSSR count). The zero-order chi connectivity index (χ0) is 19.6. The molecule has 2 aromatic rings. The first-order valence-corrected chi connectivity index (χ1v) is 10.5. The molecule has 158 valence electrons. The molecular formula is C24H33ClN2O2. The maximum atomic E-state index is 12.2. The van der Waals surface area contributed by atoms with Crippen LogP contribution in [0, 0.1) is 0 Å². The van der Waals surface area contributed by atoms with E-state index in [0.717, 1.165) is 45.6 Å². The van der Waals surface area contributed by atoms with E-state index in [-0.39, 0.29) is 18.5 Å². The van der Waals surface area contributed by atoms with Crippen molar-refractivity contribution >= 4 is 18.3 Å². The third kappa shape index (κ3) is 7.14. The highest BCUT2D eigenvalue weighted by Crippen LogP contribution is 2.25. The van der Waals surface area contributed by atoms with Crippen LogP contribution in [0.1, 0.15) is 43.4 Å². The standard InChI is InChI=1S/C24H32N2O2.ClH/c1-2-3-14-23(27)26-17-15-25(16-18-26)19-20-28-24(21-10-6-4-7-11-21)22-12-8-5-9-13-22;/h4-13,24H,2-3,14-20H2,1H3;1H. The summed E-state index contributed by atoms with van der Waals surface area (Å²) in [5.41, 5.74) is 2.36. The Balaban J connectivity index is 0.00000300. The molecule has 0 saturated carbocycles. The Bertz CT molecular complexity index is 664. The number of piperazine rings is 1. The summed E-state index contributed by atoms with van der Waals surface area (Å²) in [5, 5.41) is 0. The highest BCUT2D eigenvalue weighted by molar-refractivity contribution is 5.85. The van der Waals surface area contributed by atoms with Gasteiger partial charge in [-0.05, 0) is 17.5 Å². The Labute approximate surface area is 181 Å². The molecule has 0 aromatic heterocycles. The van der Waals surface area contributed by atoms with Crippen molar-refractivity contribution in [1.29, 1.82) is 0 Å². The van der Waals surface area contributed by atoms with E-state index in [1.807, 2.05) is 17.0 Å². The molecule has 0 spiro atoms. The van der Waals surface area contributed by atoms with Crippen LogP contribution in [0.15, 0.2) is 60.7 Å². The molecule has 1 heterocycles. The van der Waals surface area contributed by atoms with Gasteiger partial charge in [0, 0.05) is 39.1 Å². The van der Waals surface area contributed by atoms with Crippen LogP contribution in [0.5, 0.6) is 0 Å². The molecule has 0 unspecified atom stereocenters. The minimum atomic E-state index is -0.0423. The van der Waals surface area contributed by atoms with Gasteiger partial charge in [0.15, 0.2) is 0 Å². The summed E-state index contributed by atoms with van der Waals surface area (Å²) in [6, 6.07) is 20.8. The first-order valence-electron chi connectivity index (χ1n) is 10.5. The van der Waals surface area contributed by atoms with Crippen LogP contribution in [0.3, 0.4) is 0 Å². The highest BCUT2D eigenvalue weighted by Gasteiger charge is 2.21. The van der Waals surface area contributed by atoms with Crippen molar-refractivity contribution in [3.8, 4) is 0 Å². The van der Waals surface area contributed by atoms with Gasteiger partial charge in [0.2, 0.25) is 5.91 Å². The zero-order valence-electron chi connectivity index (χ0n) is 17.3. The molecule has 0 aliphatic carbocycles. The number of hydrogen-bond acceptors (Lipinski definition) is 3. The average Bonchev–Trinajstić information content (AvgIpc) is 2.76. The number of carbonyl (C=O) groups excluding carboxylic acids is 1. The first-order chi connectivity index (χ1) is 13.8. The number of rotatable bonds is 9. The van der Waals surface area contributed by atoms with Gasteiger partial charge in [-0.1, -0.05) is 74.0 Å². The Hall–Kier alpha value is -1.88. The lowest BCUT2D eigenvalue weighted by Crippen LogP contribution is -2.49. The van der Waals surface area contributed by atoms with Gasteiger partial charge in [0.05, 0.1) is 6.61 Å². The number of carbonyl (C=O) groups is 1. The van der Waals surface area contributed by atoms with Gasteiger partial charge in [-0.15, -0.1) is 12.4 Å².